The van der Waals surface area contributed by atoms with Gasteiger partial charge in [0.25, 0.3) is 0 Å². The molecule has 0 saturated carbocycles. The topological polar surface area (TPSA) is 9.23 Å². The van der Waals surface area contributed by atoms with Crippen LogP contribution in [-0.4, -0.2) is 8.07 Å². The summed E-state index contributed by atoms with van der Waals surface area (Å²) in [5.41, 5.74) is 3.73. The first-order valence-corrected chi connectivity index (χ1v) is 9.71. The van der Waals surface area contributed by atoms with Crippen LogP contribution in [0.3, 0.4) is 0 Å². The summed E-state index contributed by atoms with van der Waals surface area (Å²) < 4.78 is 5.60. The Labute approximate surface area is 107 Å². The molecule has 0 aliphatic heterocycles. The zero-order valence-corrected chi connectivity index (χ0v) is 12.9. The largest absolute Gasteiger partial charge is 0.466 e. The van der Waals surface area contributed by atoms with Crippen LogP contribution < -0.4 is 4.74 Å². The molecular weight excluding hydrogens is 224 g/mol. The van der Waals surface area contributed by atoms with Crippen LogP contribution in [0.4, 0.5) is 0 Å². The molecule has 0 fully saturated rings. The second-order valence-electron chi connectivity index (χ2n) is 6.56. The second kappa shape index (κ2) is 5.09. The molecule has 0 heterocycles. The predicted molar refractivity (Wildman–Crippen MR) is 78.3 cm³/mol. The fraction of sp³-hybridized carbons (Fsp3) is 0.467. The minimum Gasteiger partial charge on any atom is -0.466 e. The van der Waals surface area contributed by atoms with Crippen LogP contribution in [0.1, 0.15) is 26.3 Å². The average Bonchev–Trinajstić information content (AvgIpc) is 2.15. The first-order valence-electron chi connectivity index (χ1n) is 6.13. The van der Waals surface area contributed by atoms with Gasteiger partial charge in [-0.05, 0) is 23.1 Å². The van der Waals surface area contributed by atoms with Crippen molar-refractivity contribution in [1.29, 1.82) is 0 Å². The van der Waals surface area contributed by atoms with Crippen molar-refractivity contribution in [2.24, 2.45) is 0 Å². The lowest BCUT2D eigenvalue weighted by Gasteiger charge is -2.18. The van der Waals surface area contributed by atoms with E-state index in [9.17, 15) is 0 Å². The van der Waals surface area contributed by atoms with Crippen molar-refractivity contribution in [2.45, 2.75) is 45.8 Å². The molecule has 1 nitrogen and oxygen atoms in total. The van der Waals surface area contributed by atoms with Gasteiger partial charge in [0, 0.05) is 0 Å². The van der Waals surface area contributed by atoms with Crippen LogP contribution >= 0.6 is 0 Å². The third-order valence-electron chi connectivity index (χ3n) is 2.49. The molecule has 1 aromatic rings. The van der Waals surface area contributed by atoms with E-state index >= 15 is 0 Å². The van der Waals surface area contributed by atoms with Gasteiger partial charge in [-0.1, -0.05) is 58.2 Å². The Kier molecular flexibility index (Phi) is 4.20. The van der Waals surface area contributed by atoms with Crippen molar-refractivity contribution in [3.05, 3.63) is 41.8 Å². The summed E-state index contributed by atoms with van der Waals surface area (Å²) in [5.74, 6) is 0.910. The molecule has 0 aromatic heterocycles. The lowest BCUT2D eigenvalue weighted by atomic mass is 9.87. The zero-order valence-electron chi connectivity index (χ0n) is 11.9. The normalized spacial score (nSPS) is 13.1. The standard InChI is InChI=1S/C15H24OSi/c1-15(2,3)13-7-9-14(10-8-13)16-11-12-17(4,5)6/h7-12H,1-6H3/b12-11+. The Morgan fingerprint density at radius 2 is 1.53 bits per heavy atom. The highest BCUT2D eigenvalue weighted by Crippen LogP contribution is 2.24. The van der Waals surface area contributed by atoms with Gasteiger partial charge >= 0.3 is 0 Å². The molecule has 0 aliphatic rings. The molecule has 0 radical (unpaired) electrons. The smallest absolute Gasteiger partial charge is 0.126 e. The van der Waals surface area contributed by atoms with Crippen LogP contribution in [0.15, 0.2) is 36.2 Å². The highest BCUT2D eigenvalue weighted by Gasteiger charge is 2.12. The van der Waals surface area contributed by atoms with Crippen molar-refractivity contribution in [2.75, 3.05) is 0 Å². The van der Waals surface area contributed by atoms with Gasteiger partial charge in [0.05, 0.1) is 14.3 Å². The van der Waals surface area contributed by atoms with Crippen LogP contribution in [0.5, 0.6) is 5.75 Å². The number of ether oxygens (including phenoxy) is 1. The fourth-order valence-corrected chi connectivity index (χ4v) is 1.83. The fourth-order valence-electron chi connectivity index (χ4n) is 1.35. The molecular formula is C15H24OSi. The van der Waals surface area contributed by atoms with E-state index in [1.165, 1.54) is 5.56 Å². The van der Waals surface area contributed by atoms with Gasteiger partial charge in [-0.25, -0.2) is 0 Å². The Morgan fingerprint density at radius 1 is 1.00 bits per heavy atom. The van der Waals surface area contributed by atoms with Crippen LogP contribution in [-0.2, 0) is 5.41 Å². The average molecular weight is 248 g/mol. The van der Waals surface area contributed by atoms with E-state index in [1.54, 1.807) is 0 Å². The van der Waals surface area contributed by atoms with E-state index in [1.807, 2.05) is 18.4 Å². The molecule has 0 spiro atoms. The number of benzene rings is 1. The molecule has 0 amide bonds. The number of hydrogen-bond donors (Lipinski definition) is 0. The number of rotatable bonds is 3. The second-order valence-corrected chi connectivity index (χ2v) is 11.6. The maximum absolute atomic E-state index is 5.60. The summed E-state index contributed by atoms with van der Waals surface area (Å²) >= 11 is 0. The minimum atomic E-state index is -1.16. The molecule has 0 aliphatic carbocycles. The van der Waals surface area contributed by atoms with Gasteiger partial charge in [0.1, 0.15) is 5.75 Å². The molecule has 0 unspecified atom stereocenters. The third kappa shape index (κ3) is 5.22. The van der Waals surface area contributed by atoms with Crippen molar-refractivity contribution >= 4 is 8.07 Å². The van der Waals surface area contributed by atoms with Crippen molar-refractivity contribution < 1.29 is 4.74 Å². The van der Waals surface area contributed by atoms with Crippen LogP contribution in [0.2, 0.25) is 19.6 Å². The van der Waals surface area contributed by atoms with Gasteiger partial charge < -0.3 is 4.74 Å². The monoisotopic (exact) mass is 248 g/mol. The summed E-state index contributed by atoms with van der Waals surface area (Å²) in [6.45, 7) is 13.5. The first-order chi connectivity index (χ1) is 7.68. The molecule has 1 aromatic carbocycles. The van der Waals surface area contributed by atoms with Gasteiger partial charge in [-0.2, -0.15) is 0 Å². The lowest BCUT2D eigenvalue weighted by Crippen LogP contribution is -2.15. The summed E-state index contributed by atoms with van der Waals surface area (Å²) in [6.07, 6.45) is 1.83. The predicted octanol–water partition coefficient (Wildman–Crippen LogP) is 4.75. The molecule has 0 N–H and O–H groups in total. The van der Waals surface area contributed by atoms with Crippen molar-refractivity contribution in [1.82, 2.24) is 0 Å². The minimum absolute atomic E-state index is 0.201. The Hall–Kier alpha value is -1.02. The number of hydrogen-bond acceptors (Lipinski definition) is 1. The van der Waals surface area contributed by atoms with Crippen LogP contribution in [0.25, 0.3) is 0 Å². The molecule has 0 bridgehead atoms. The summed E-state index contributed by atoms with van der Waals surface area (Å²) in [5, 5.41) is 0. The van der Waals surface area contributed by atoms with E-state index in [-0.39, 0.29) is 5.41 Å². The zero-order chi connectivity index (χ0) is 13.1. The van der Waals surface area contributed by atoms with E-state index in [4.69, 9.17) is 4.74 Å². The van der Waals surface area contributed by atoms with E-state index in [2.05, 4.69) is 58.2 Å². The SMILES string of the molecule is CC(C)(C)c1ccc(O/C=C/[Si](C)(C)C)cc1. The Bertz CT molecular complexity index is 377. The van der Waals surface area contributed by atoms with E-state index < -0.39 is 8.07 Å². The molecule has 2 heteroatoms. The van der Waals surface area contributed by atoms with Crippen molar-refractivity contribution in [3.8, 4) is 5.75 Å². The maximum atomic E-state index is 5.60. The summed E-state index contributed by atoms with van der Waals surface area (Å²) in [7, 11) is -1.16. The Morgan fingerprint density at radius 3 is 1.94 bits per heavy atom. The Balaban J connectivity index is 2.67. The molecule has 94 valence electrons. The quantitative estimate of drug-likeness (QED) is 0.554. The molecule has 0 saturated heterocycles. The summed E-state index contributed by atoms with van der Waals surface area (Å²) in [4.78, 5) is 0. The highest BCUT2D eigenvalue weighted by atomic mass is 28.3. The van der Waals surface area contributed by atoms with Crippen LogP contribution in [0, 0.1) is 0 Å². The van der Waals surface area contributed by atoms with E-state index in [0.29, 0.717) is 0 Å². The molecule has 17 heavy (non-hydrogen) atoms. The lowest BCUT2D eigenvalue weighted by molar-refractivity contribution is 0.481. The molecule has 0 atom stereocenters. The van der Waals surface area contributed by atoms with E-state index in [0.717, 1.165) is 5.75 Å². The highest BCUT2D eigenvalue weighted by molar-refractivity contribution is 6.80. The summed E-state index contributed by atoms with van der Waals surface area (Å²) in [6, 6.07) is 8.35. The van der Waals surface area contributed by atoms with Gasteiger partial charge in [-0.15, -0.1) is 0 Å². The molecule has 1 rings (SSSR count). The first kappa shape index (κ1) is 14.0. The van der Waals surface area contributed by atoms with Gasteiger partial charge in [0.2, 0.25) is 0 Å². The van der Waals surface area contributed by atoms with Gasteiger partial charge in [-0.3, -0.25) is 0 Å². The third-order valence-corrected chi connectivity index (χ3v) is 3.63. The van der Waals surface area contributed by atoms with Crippen molar-refractivity contribution in [3.63, 3.8) is 0 Å². The van der Waals surface area contributed by atoms with Gasteiger partial charge in [0.15, 0.2) is 0 Å². The maximum Gasteiger partial charge on any atom is 0.126 e.